The summed E-state index contributed by atoms with van der Waals surface area (Å²) in [6.07, 6.45) is 1.60. The van der Waals surface area contributed by atoms with Gasteiger partial charge in [-0.15, -0.1) is 0 Å². The maximum absolute atomic E-state index is 12.8. The number of aliphatic hydroxyl groups is 1. The van der Waals surface area contributed by atoms with E-state index in [1.807, 2.05) is 6.92 Å². The summed E-state index contributed by atoms with van der Waals surface area (Å²) in [4.78, 5) is 31.3. The number of carbonyl (C=O) groups excluding carboxylic acids is 2. The van der Waals surface area contributed by atoms with Gasteiger partial charge in [-0.1, -0.05) is 19.9 Å². The summed E-state index contributed by atoms with van der Waals surface area (Å²) in [5, 5.41) is 10.5. The number of ether oxygens (including phenoxy) is 1. The first kappa shape index (κ1) is 18.6. The molecule has 140 valence electrons. The zero-order valence-electron chi connectivity index (χ0n) is 15.5. The van der Waals surface area contributed by atoms with Crippen molar-refractivity contribution < 1.29 is 19.4 Å². The number of carbonyl (C=O) groups is 2. The Kier molecular flexibility index (Phi) is 5.26. The summed E-state index contributed by atoms with van der Waals surface area (Å²) < 4.78 is 5.44. The quantitative estimate of drug-likeness (QED) is 0.845. The van der Waals surface area contributed by atoms with Gasteiger partial charge in [-0.2, -0.15) is 0 Å². The minimum Gasteiger partial charge on any atom is -0.503 e. The largest absolute Gasteiger partial charge is 0.503 e. The molecule has 3 rings (SSSR count). The van der Waals surface area contributed by atoms with E-state index in [1.54, 1.807) is 62.5 Å². The molecular weight excluding hydrogens is 344 g/mol. The number of hydrogen-bond donors (Lipinski definition) is 1. The number of aromatic nitrogens is 1. The molecule has 1 aliphatic heterocycles. The van der Waals surface area contributed by atoms with Gasteiger partial charge >= 0.3 is 0 Å². The van der Waals surface area contributed by atoms with Gasteiger partial charge in [0.05, 0.1) is 17.9 Å². The molecule has 0 fully saturated rings. The van der Waals surface area contributed by atoms with Crippen molar-refractivity contribution in [3.8, 4) is 5.75 Å². The Hall–Kier alpha value is -3.15. The molecular formula is C21H22N2O4. The van der Waals surface area contributed by atoms with Crippen LogP contribution in [0.1, 0.15) is 32.5 Å². The van der Waals surface area contributed by atoms with Crippen molar-refractivity contribution in [1.82, 2.24) is 4.98 Å². The molecule has 6 heteroatoms. The van der Waals surface area contributed by atoms with Gasteiger partial charge in [0, 0.05) is 17.8 Å². The van der Waals surface area contributed by atoms with E-state index in [0.29, 0.717) is 23.7 Å². The van der Waals surface area contributed by atoms with E-state index >= 15 is 0 Å². The van der Waals surface area contributed by atoms with E-state index in [1.165, 1.54) is 4.90 Å². The first-order chi connectivity index (χ1) is 13.0. The van der Waals surface area contributed by atoms with E-state index < -0.39 is 17.7 Å². The Bertz CT molecular complexity index is 873. The molecule has 1 N–H and O–H groups in total. The van der Waals surface area contributed by atoms with Crippen LogP contribution in [0.15, 0.2) is 60.0 Å². The van der Waals surface area contributed by atoms with E-state index in [4.69, 9.17) is 4.74 Å². The van der Waals surface area contributed by atoms with Crippen molar-refractivity contribution in [3.05, 3.63) is 65.7 Å². The highest BCUT2D eigenvalue weighted by Gasteiger charge is 2.45. The Morgan fingerprint density at radius 1 is 1.22 bits per heavy atom. The lowest BCUT2D eigenvalue weighted by Gasteiger charge is -2.26. The molecule has 0 aliphatic carbocycles. The molecule has 1 aromatic heterocycles. The maximum atomic E-state index is 12.8. The summed E-state index contributed by atoms with van der Waals surface area (Å²) in [7, 11) is 0. The first-order valence-electron chi connectivity index (χ1n) is 8.90. The van der Waals surface area contributed by atoms with Crippen LogP contribution in [0.25, 0.3) is 0 Å². The third kappa shape index (κ3) is 3.43. The number of Topliss-reactive ketones (excluding diaryl/α,β-unsaturated/α-hetero) is 1. The van der Waals surface area contributed by atoms with Gasteiger partial charge in [-0.05, 0) is 43.3 Å². The molecule has 0 radical (unpaired) electrons. The molecule has 0 bridgehead atoms. The van der Waals surface area contributed by atoms with Gasteiger partial charge < -0.3 is 9.84 Å². The van der Waals surface area contributed by atoms with E-state index in [2.05, 4.69) is 4.98 Å². The molecule has 2 heterocycles. The number of nitrogens with zero attached hydrogens (tertiary/aromatic N) is 2. The molecule has 1 atom stereocenters. The molecule has 1 aliphatic rings. The van der Waals surface area contributed by atoms with Gasteiger partial charge in [-0.25, -0.2) is 0 Å². The van der Waals surface area contributed by atoms with Crippen LogP contribution in [-0.4, -0.2) is 28.4 Å². The number of ketones is 1. The number of aliphatic hydroxyl groups excluding tert-OH is 1. The molecule has 1 amide bonds. The minimum absolute atomic E-state index is 0.0857. The van der Waals surface area contributed by atoms with Crippen molar-refractivity contribution in [2.45, 2.75) is 26.8 Å². The summed E-state index contributed by atoms with van der Waals surface area (Å²) >= 11 is 0. The molecule has 1 unspecified atom stereocenters. The third-order valence-electron chi connectivity index (χ3n) is 4.39. The van der Waals surface area contributed by atoms with Gasteiger partial charge in [0.25, 0.3) is 5.91 Å². The van der Waals surface area contributed by atoms with Crippen LogP contribution < -0.4 is 9.64 Å². The van der Waals surface area contributed by atoms with Crippen molar-refractivity contribution >= 4 is 17.4 Å². The smallest absolute Gasteiger partial charge is 0.294 e. The molecule has 0 saturated carbocycles. The maximum Gasteiger partial charge on any atom is 0.294 e. The standard InChI is InChI=1S/C21H22N2O4/c1-4-27-15-10-8-14(9-11-15)23-18(16-7-5-6-12-22-16)17(19(24)13(2)3)20(25)21(23)26/h5-13,18,25H,4H2,1-3H3. The average Bonchev–Trinajstić information content (AvgIpc) is 2.94. The van der Waals surface area contributed by atoms with Crippen LogP contribution in [0.4, 0.5) is 5.69 Å². The lowest BCUT2D eigenvalue weighted by atomic mass is 9.93. The number of amides is 1. The first-order valence-corrected chi connectivity index (χ1v) is 8.90. The van der Waals surface area contributed by atoms with E-state index in [-0.39, 0.29) is 17.3 Å². The zero-order valence-corrected chi connectivity index (χ0v) is 15.5. The van der Waals surface area contributed by atoms with Crippen LogP contribution in [0, 0.1) is 5.92 Å². The summed E-state index contributed by atoms with van der Waals surface area (Å²) in [5.41, 5.74) is 1.16. The Morgan fingerprint density at radius 2 is 1.93 bits per heavy atom. The topological polar surface area (TPSA) is 79.7 Å². The van der Waals surface area contributed by atoms with E-state index in [0.717, 1.165) is 0 Å². The summed E-state index contributed by atoms with van der Waals surface area (Å²) in [6.45, 7) is 5.90. The minimum atomic E-state index is -0.772. The molecule has 2 aromatic rings. The predicted molar refractivity (Wildman–Crippen MR) is 102 cm³/mol. The second-order valence-corrected chi connectivity index (χ2v) is 6.54. The zero-order chi connectivity index (χ0) is 19.6. The fraction of sp³-hybridized carbons (Fsp3) is 0.286. The lowest BCUT2D eigenvalue weighted by molar-refractivity contribution is -0.119. The Balaban J connectivity index is 2.10. The Labute approximate surface area is 158 Å². The van der Waals surface area contributed by atoms with Crippen molar-refractivity contribution in [2.24, 2.45) is 5.92 Å². The fourth-order valence-electron chi connectivity index (χ4n) is 3.12. The second-order valence-electron chi connectivity index (χ2n) is 6.54. The van der Waals surface area contributed by atoms with Crippen LogP contribution in [0.5, 0.6) is 5.75 Å². The van der Waals surface area contributed by atoms with Crippen LogP contribution in [0.2, 0.25) is 0 Å². The monoisotopic (exact) mass is 366 g/mol. The van der Waals surface area contributed by atoms with Gasteiger partial charge in [0.2, 0.25) is 0 Å². The number of hydrogen-bond acceptors (Lipinski definition) is 5. The van der Waals surface area contributed by atoms with Gasteiger partial charge in [-0.3, -0.25) is 19.5 Å². The third-order valence-corrected chi connectivity index (χ3v) is 4.39. The molecule has 6 nitrogen and oxygen atoms in total. The summed E-state index contributed by atoms with van der Waals surface area (Å²) in [5.74, 6) is -1.08. The highest BCUT2D eigenvalue weighted by Crippen LogP contribution is 2.41. The lowest BCUT2D eigenvalue weighted by Crippen LogP contribution is -2.31. The second kappa shape index (κ2) is 7.61. The van der Waals surface area contributed by atoms with Crippen molar-refractivity contribution in [3.63, 3.8) is 0 Å². The predicted octanol–water partition coefficient (Wildman–Crippen LogP) is 3.61. The van der Waals surface area contributed by atoms with Crippen LogP contribution in [-0.2, 0) is 9.59 Å². The highest BCUT2D eigenvalue weighted by atomic mass is 16.5. The van der Waals surface area contributed by atoms with Crippen LogP contribution >= 0.6 is 0 Å². The fourth-order valence-corrected chi connectivity index (χ4v) is 3.12. The molecule has 0 spiro atoms. The molecule has 27 heavy (non-hydrogen) atoms. The number of rotatable bonds is 6. The van der Waals surface area contributed by atoms with Crippen molar-refractivity contribution in [1.29, 1.82) is 0 Å². The number of anilines is 1. The summed E-state index contributed by atoms with van der Waals surface area (Å²) in [6, 6.07) is 11.5. The van der Waals surface area contributed by atoms with Crippen molar-refractivity contribution in [2.75, 3.05) is 11.5 Å². The molecule has 1 aromatic carbocycles. The Morgan fingerprint density at radius 3 is 2.48 bits per heavy atom. The SMILES string of the molecule is CCOc1ccc(N2C(=O)C(O)=C(C(=O)C(C)C)C2c2ccccn2)cc1. The van der Waals surface area contributed by atoms with Gasteiger partial charge in [0.1, 0.15) is 11.8 Å². The van der Waals surface area contributed by atoms with Crippen LogP contribution in [0.3, 0.4) is 0 Å². The van der Waals surface area contributed by atoms with E-state index in [9.17, 15) is 14.7 Å². The van der Waals surface area contributed by atoms with Gasteiger partial charge in [0.15, 0.2) is 11.5 Å². The average molecular weight is 366 g/mol. The number of benzene rings is 1. The molecule has 0 saturated heterocycles. The normalized spacial score (nSPS) is 17.0. The highest BCUT2D eigenvalue weighted by molar-refractivity contribution is 6.16. The number of pyridine rings is 1.